The molecule has 178 valence electrons. The van der Waals surface area contributed by atoms with Gasteiger partial charge in [0.15, 0.2) is 5.78 Å². The van der Waals surface area contributed by atoms with Gasteiger partial charge in [-0.1, -0.05) is 24.6 Å². The van der Waals surface area contributed by atoms with Gasteiger partial charge in [-0.15, -0.1) is 0 Å². The average molecular weight is 453 g/mol. The summed E-state index contributed by atoms with van der Waals surface area (Å²) in [7, 11) is 0. The first-order valence-corrected chi connectivity index (χ1v) is 12.7. The third-order valence-electron chi connectivity index (χ3n) is 11.2. The second-order valence-corrected chi connectivity index (χ2v) is 12.1. The van der Waals surface area contributed by atoms with Gasteiger partial charge in [0.05, 0.1) is 17.6 Å². The van der Waals surface area contributed by atoms with Crippen molar-refractivity contribution in [2.45, 2.75) is 89.9 Å². The monoisotopic (exact) mass is 452 g/mol. The number of allylic oxidation sites excluding steroid dienone is 4. The van der Waals surface area contributed by atoms with Crippen LogP contribution >= 0.6 is 0 Å². The van der Waals surface area contributed by atoms with E-state index in [2.05, 4.69) is 26.8 Å². The number of aliphatic hydroxyl groups excluding tert-OH is 1. The molecule has 2 saturated carbocycles. The number of cyclic esters (lactones) is 1. The Morgan fingerprint density at radius 3 is 2.67 bits per heavy atom. The Bertz CT molecular complexity index is 1040. The quantitative estimate of drug-likeness (QED) is 0.495. The fraction of sp³-hybridized carbons (Fsp3) is 0.714. The van der Waals surface area contributed by atoms with Crippen LogP contribution in [-0.4, -0.2) is 40.8 Å². The van der Waals surface area contributed by atoms with Gasteiger partial charge >= 0.3 is 5.97 Å². The number of carbonyl (C=O) groups is 2. The number of ether oxygens (including phenoxy) is 2. The van der Waals surface area contributed by atoms with Gasteiger partial charge in [-0.25, -0.2) is 4.79 Å². The molecule has 6 rings (SSSR count). The maximum Gasteiger partial charge on any atom is 0.334 e. The Morgan fingerprint density at radius 1 is 1.12 bits per heavy atom. The predicted octanol–water partition coefficient (Wildman–Crippen LogP) is 4.45. The molecule has 0 amide bonds. The van der Waals surface area contributed by atoms with Crippen LogP contribution in [0, 0.1) is 28.6 Å². The number of esters is 1. The highest BCUT2D eigenvalue weighted by Gasteiger charge is 2.77. The van der Waals surface area contributed by atoms with Gasteiger partial charge in [0.25, 0.3) is 0 Å². The van der Waals surface area contributed by atoms with Crippen molar-refractivity contribution < 1.29 is 24.2 Å². The topological polar surface area (TPSA) is 72.8 Å². The standard InChI is InChI=1S/C28H36O5/c1-16-17(15-29)14-23(32-24(16)31)27(4)21-11-13-28(33-27)20-9-8-18-6-5-7-22(30)26(18,3)19(20)10-12-25(21,28)2/h5,7-8,19-21,23,29H,6,9-15H2,1-4H3/t19-,20+,21-,23+,25+,26-,27-,28+/m0/s1. The lowest BCUT2D eigenvalue weighted by atomic mass is 9.46. The molecule has 0 unspecified atom stereocenters. The molecule has 5 heteroatoms. The summed E-state index contributed by atoms with van der Waals surface area (Å²) in [4.78, 5) is 25.9. The van der Waals surface area contributed by atoms with E-state index in [0.717, 1.165) is 44.1 Å². The molecule has 0 aromatic heterocycles. The highest BCUT2D eigenvalue weighted by molar-refractivity contribution is 5.98. The van der Waals surface area contributed by atoms with Crippen LogP contribution < -0.4 is 0 Å². The van der Waals surface area contributed by atoms with E-state index in [-0.39, 0.29) is 41.4 Å². The van der Waals surface area contributed by atoms with Gasteiger partial charge in [-0.3, -0.25) is 4.79 Å². The second kappa shape index (κ2) is 6.69. The molecule has 33 heavy (non-hydrogen) atoms. The molecule has 4 aliphatic carbocycles. The van der Waals surface area contributed by atoms with Crippen molar-refractivity contribution in [3.63, 3.8) is 0 Å². The van der Waals surface area contributed by atoms with Crippen molar-refractivity contribution in [3.05, 3.63) is 34.9 Å². The Hall–Kier alpha value is -1.72. The third-order valence-corrected chi connectivity index (χ3v) is 11.2. The molecule has 6 aliphatic rings. The van der Waals surface area contributed by atoms with E-state index < -0.39 is 11.0 Å². The van der Waals surface area contributed by atoms with Crippen molar-refractivity contribution in [1.82, 2.24) is 0 Å². The van der Waals surface area contributed by atoms with Crippen LogP contribution in [0.3, 0.4) is 0 Å². The second-order valence-electron chi connectivity index (χ2n) is 12.1. The zero-order chi connectivity index (χ0) is 23.4. The molecule has 5 nitrogen and oxygen atoms in total. The minimum Gasteiger partial charge on any atom is -0.456 e. The normalized spacial score (nSPS) is 50.5. The van der Waals surface area contributed by atoms with E-state index in [4.69, 9.17) is 9.47 Å². The number of aliphatic hydroxyl groups is 1. The lowest BCUT2D eigenvalue weighted by Crippen LogP contribution is -2.60. The Kier molecular flexibility index (Phi) is 4.42. The molecule has 0 radical (unpaired) electrons. The van der Waals surface area contributed by atoms with Crippen LogP contribution in [0.4, 0.5) is 0 Å². The predicted molar refractivity (Wildman–Crippen MR) is 123 cm³/mol. The summed E-state index contributed by atoms with van der Waals surface area (Å²) in [5, 5.41) is 9.88. The SMILES string of the molecule is CC1=C(CO)C[C@H]([C@@]2(C)O[C@@]34CC[C@H]2[C@@]3(C)CC[C@H]2[C@H]4CC=C3CC=CC(=O)[C@@]32C)OC1=O. The Labute approximate surface area is 196 Å². The number of hydrogen-bond donors (Lipinski definition) is 1. The zero-order valence-electron chi connectivity index (χ0n) is 20.3. The fourth-order valence-corrected chi connectivity index (χ4v) is 9.30. The minimum atomic E-state index is -0.583. The van der Waals surface area contributed by atoms with Crippen molar-refractivity contribution in [2.75, 3.05) is 6.61 Å². The smallest absolute Gasteiger partial charge is 0.334 e. The highest BCUT2D eigenvalue weighted by atomic mass is 16.6. The molecule has 0 aromatic carbocycles. The van der Waals surface area contributed by atoms with E-state index >= 15 is 0 Å². The lowest BCUT2D eigenvalue weighted by Gasteiger charge is -2.59. The van der Waals surface area contributed by atoms with Crippen LogP contribution in [0.2, 0.25) is 0 Å². The van der Waals surface area contributed by atoms with Crippen LogP contribution in [0.15, 0.2) is 34.9 Å². The number of carbonyl (C=O) groups excluding carboxylic acids is 2. The van der Waals surface area contributed by atoms with Crippen molar-refractivity contribution in [1.29, 1.82) is 0 Å². The van der Waals surface area contributed by atoms with E-state index in [0.29, 0.717) is 23.8 Å². The molecule has 1 N–H and O–H groups in total. The molecule has 8 atom stereocenters. The Morgan fingerprint density at radius 2 is 1.91 bits per heavy atom. The Balaban J connectivity index is 1.41. The molecular weight excluding hydrogens is 416 g/mol. The molecule has 2 heterocycles. The van der Waals surface area contributed by atoms with Crippen LogP contribution in [0.5, 0.6) is 0 Å². The van der Waals surface area contributed by atoms with Gasteiger partial charge in [-0.2, -0.15) is 0 Å². The summed E-state index contributed by atoms with van der Waals surface area (Å²) in [5.74, 6) is 0.791. The molecule has 3 fully saturated rings. The van der Waals surface area contributed by atoms with Gasteiger partial charge < -0.3 is 14.6 Å². The first-order chi connectivity index (χ1) is 15.6. The summed E-state index contributed by atoms with van der Waals surface area (Å²) in [6, 6.07) is 0. The zero-order valence-corrected chi connectivity index (χ0v) is 20.3. The fourth-order valence-electron chi connectivity index (χ4n) is 9.30. The number of hydrogen-bond acceptors (Lipinski definition) is 5. The molecule has 0 aromatic rings. The maximum atomic E-state index is 13.2. The van der Waals surface area contributed by atoms with Crippen molar-refractivity contribution >= 4 is 11.8 Å². The molecule has 2 aliphatic heterocycles. The molecule has 0 spiro atoms. The first-order valence-electron chi connectivity index (χ1n) is 12.7. The van der Waals surface area contributed by atoms with Gasteiger partial charge in [-0.05, 0) is 88.7 Å². The lowest BCUT2D eigenvalue weighted by molar-refractivity contribution is -0.231. The van der Waals surface area contributed by atoms with E-state index in [1.807, 2.05) is 6.08 Å². The summed E-state index contributed by atoms with van der Waals surface area (Å²) in [6.07, 6.45) is 12.3. The maximum absolute atomic E-state index is 13.2. The largest absolute Gasteiger partial charge is 0.456 e. The van der Waals surface area contributed by atoms with E-state index in [9.17, 15) is 14.7 Å². The molecular formula is C28H36O5. The summed E-state index contributed by atoms with van der Waals surface area (Å²) < 4.78 is 13.2. The highest BCUT2D eigenvalue weighted by Crippen LogP contribution is 2.75. The average Bonchev–Trinajstić information content (AvgIpc) is 3.20. The van der Waals surface area contributed by atoms with Gasteiger partial charge in [0, 0.05) is 17.4 Å². The van der Waals surface area contributed by atoms with Gasteiger partial charge in [0.2, 0.25) is 0 Å². The summed E-state index contributed by atoms with van der Waals surface area (Å²) >= 11 is 0. The van der Waals surface area contributed by atoms with Crippen molar-refractivity contribution in [2.24, 2.45) is 28.6 Å². The van der Waals surface area contributed by atoms with Crippen LogP contribution in [0.1, 0.15) is 72.6 Å². The number of rotatable bonds is 2. The summed E-state index contributed by atoms with van der Waals surface area (Å²) in [6.45, 7) is 8.33. The van der Waals surface area contributed by atoms with E-state index in [1.54, 1.807) is 13.0 Å². The van der Waals surface area contributed by atoms with E-state index in [1.165, 1.54) is 5.57 Å². The van der Waals surface area contributed by atoms with Gasteiger partial charge in [0.1, 0.15) is 11.7 Å². The number of ketones is 1. The molecule has 1 saturated heterocycles. The first kappa shape index (κ1) is 21.8. The van der Waals surface area contributed by atoms with Crippen LogP contribution in [0.25, 0.3) is 0 Å². The minimum absolute atomic E-state index is 0.000164. The molecule has 2 bridgehead atoms. The summed E-state index contributed by atoms with van der Waals surface area (Å²) in [5.41, 5.74) is 1.29. The van der Waals surface area contributed by atoms with Crippen molar-refractivity contribution in [3.8, 4) is 0 Å². The van der Waals surface area contributed by atoms with Crippen LogP contribution in [-0.2, 0) is 19.1 Å². The third kappa shape index (κ3) is 2.41. The number of fused-ring (bicyclic) bond motifs is 3.